The minimum Gasteiger partial charge on any atom is -0.344 e. The third-order valence-electron chi connectivity index (χ3n) is 2.63. The molecule has 4 N–H and O–H groups in total. The van der Waals surface area contributed by atoms with E-state index in [-0.39, 0.29) is 6.15 Å². The highest BCUT2D eigenvalue weighted by Crippen LogP contribution is 2.07. The average molecular weight is 216 g/mol. The predicted molar refractivity (Wildman–Crippen MR) is 70.8 cm³/mol. The van der Waals surface area contributed by atoms with Crippen LogP contribution in [0, 0.1) is 0 Å². The van der Waals surface area contributed by atoms with Gasteiger partial charge in [0.15, 0.2) is 0 Å². The molecule has 0 unspecified atom stereocenters. The summed E-state index contributed by atoms with van der Waals surface area (Å²) in [5, 5.41) is 3.45. The first kappa shape index (κ1) is 17.3. The van der Waals surface area contributed by atoms with Crippen LogP contribution in [0.5, 0.6) is 0 Å². The zero-order valence-electron chi connectivity index (χ0n) is 11.0. The van der Waals surface area contributed by atoms with E-state index in [1.54, 1.807) is 0 Å². The first-order chi connectivity index (χ1) is 6.91. The highest BCUT2D eigenvalue weighted by molar-refractivity contribution is 4.49. The predicted octanol–water partition coefficient (Wildman–Crippen LogP) is 4.29. The number of hydrogen-bond acceptors (Lipinski definition) is 2. The molecule has 0 saturated heterocycles. The Hall–Kier alpha value is -0.0800. The second-order valence-corrected chi connectivity index (χ2v) is 4.22. The van der Waals surface area contributed by atoms with Gasteiger partial charge in [0.2, 0.25) is 0 Å². The Kier molecular flexibility index (Phi) is 18.9. The molecular formula is C13H32N2. The number of nitrogens with one attached hydrogen (secondary N) is 1. The number of unbranched alkanes of at least 4 members (excludes halogenated alkanes) is 7. The van der Waals surface area contributed by atoms with Gasteiger partial charge in [0.05, 0.1) is 0 Å². The summed E-state index contributed by atoms with van der Waals surface area (Å²) in [6.45, 7) is 6.92. The van der Waals surface area contributed by atoms with Crippen LogP contribution >= 0.6 is 0 Å². The topological polar surface area (TPSA) is 47.0 Å². The van der Waals surface area contributed by atoms with Crippen molar-refractivity contribution in [3.63, 3.8) is 0 Å². The van der Waals surface area contributed by atoms with Gasteiger partial charge >= 0.3 is 0 Å². The zero-order valence-corrected chi connectivity index (χ0v) is 11.0. The Labute approximate surface area is 96.8 Å². The van der Waals surface area contributed by atoms with Crippen LogP contribution in [0.3, 0.4) is 0 Å². The first-order valence-electron chi connectivity index (χ1n) is 6.62. The van der Waals surface area contributed by atoms with Gasteiger partial charge in [0, 0.05) is 0 Å². The highest BCUT2D eigenvalue weighted by atomic mass is 14.8. The minimum atomic E-state index is 0. The molecule has 0 atom stereocenters. The molecule has 0 radical (unpaired) electrons. The molecule has 0 rings (SSSR count). The molecule has 0 aliphatic carbocycles. The normalized spacial score (nSPS) is 10.0. The summed E-state index contributed by atoms with van der Waals surface area (Å²) >= 11 is 0. The summed E-state index contributed by atoms with van der Waals surface area (Å²) in [5.41, 5.74) is 0. The molecule has 0 aliphatic heterocycles. The molecule has 2 nitrogen and oxygen atoms in total. The molecule has 0 aromatic rings. The largest absolute Gasteiger partial charge is 0.344 e. The SMILES string of the molecule is CCCCCCCCCCNCCC.N. The van der Waals surface area contributed by atoms with Crippen LogP contribution in [0.1, 0.15) is 71.6 Å². The Morgan fingerprint density at radius 3 is 1.67 bits per heavy atom. The summed E-state index contributed by atoms with van der Waals surface area (Å²) in [4.78, 5) is 0. The lowest BCUT2D eigenvalue weighted by molar-refractivity contribution is 0.554. The van der Waals surface area contributed by atoms with Crippen LogP contribution in [-0.4, -0.2) is 13.1 Å². The summed E-state index contributed by atoms with van der Waals surface area (Å²) < 4.78 is 0. The molecule has 0 saturated carbocycles. The Balaban J connectivity index is 0. The fraction of sp³-hybridized carbons (Fsp3) is 1.00. The average Bonchev–Trinajstić information content (AvgIpc) is 2.21. The van der Waals surface area contributed by atoms with E-state index in [9.17, 15) is 0 Å². The first-order valence-corrected chi connectivity index (χ1v) is 6.62. The maximum Gasteiger partial charge on any atom is -0.00489 e. The molecule has 94 valence electrons. The molecule has 0 bridgehead atoms. The molecule has 15 heavy (non-hydrogen) atoms. The van der Waals surface area contributed by atoms with Crippen molar-refractivity contribution in [3.8, 4) is 0 Å². The summed E-state index contributed by atoms with van der Waals surface area (Å²) in [6, 6.07) is 0. The third kappa shape index (κ3) is 16.6. The van der Waals surface area contributed by atoms with Gasteiger partial charge in [-0.15, -0.1) is 0 Å². The van der Waals surface area contributed by atoms with Gasteiger partial charge in [0.25, 0.3) is 0 Å². The van der Waals surface area contributed by atoms with Gasteiger partial charge in [-0.1, -0.05) is 58.8 Å². The van der Waals surface area contributed by atoms with Crippen LogP contribution in [0.2, 0.25) is 0 Å². The van der Waals surface area contributed by atoms with Crippen molar-refractivity contribution in [1.82, 2.24) is 11.5 Å². The molecule has 0 heterocycles. The molecule has 2 heteroatoms. The van der Waals surface area contributed by atoms with Gasteiger partial charge in [-0.25, -0.2) is 0 Å². The highest BCUT2D eigenvalue weighted by Gasteiger charge is 1.90. The number of hydrogen-bond donors (Lipinski definition) is 2. The Bertz CT molecular complexity index is 82.5. The molecule has 0 aromatic heterocycles. The molecule has 0 aromatic carbocycles. The fourth-order valence-electron chi connectivity index (χ4n) is 1.69. The van der Waals surface area contributed by atoms with Crippen molar-refractivity contribution in [2.24, 2.45) is 0 Å². The van der Waals surface area contributed by atoms with E-state index in [0.29, 0.717) is 0 Å². The van der Waals surface area contributed by atoms with Crippen molar-refractivity contribution in [2.75, 3.05) is 13.1 Å². The smallest absolute Gasteiger partial charge is 0.00489 e. The van der Waals surface area contributed by atoms with E-state index >= 15 is 0 Å². The van der Waals surface area contributed by atoms with E-state index in [2.05, 4.69) is 19.2 Å². The van der Waals surface area contributed by atoms with Crippen LogP contribution in [0.4, 0.5) is 0 Å². The lowest BCUT2D eigenvalue weighted by atomic mass is 10.1. The second kappa shape index (κ2) is 16.4. The van der Waals surface area contributed by atoms with E-state index < -0.39 is 0 Å². The molecule has 0 aliphatic rings. The summed E-state index contributed by atoms with van der Waals surface area (Å²) in [7, 11) is 0. The third-order valence-corrected chi connectivity index (χ3v) is 2.63. The van der Waals surface area contributed by atoms with Crippen molar-refractivity contribution in [2.45, 2.75) is 71.6 Å². The van der Waals surface area contributed by atoms with Crippen LogP contribution in [0.25, 0.3) is 0 Å². The van der Waals surface area contributed by atoms with Gasteiger partial charge in [-0.3, -0.25) is 0 Å². The van der Waals surface area contributed by atoms with Crippen LogP contribution in [-0.2, 0) is 0 Å². The lowest BCUT2D eigenvalue weighted by Crippen LogP contribution is -2.15. The van der Waals surface area contributed by atoms with Crippen molar-refractivity contribution in [3.05, 3.63) is 0 Å². The van der Waals surface area contributed by atoms with Crippen LogP contribution in [0.15, 0.2) is 0 Å². The van der Waals surface area contributed by atoms with Crippen molar-refractivity contribution in [1.29, 1.82) is 0 Å². The standard InChI is InChI=1S/C13H29N.H3N/c1-3-5-6-7-8-9-10-11-13-14-12-4-2;/h14H,3-13H2,1-2H3;1H3. The fourth-order valence-corrected chi connectivity index (χ4v) is 1.69. The molecule has 0 amide bonds. The maximum atomic E-state index is 3.45. The van der Waals surface area contributed by atoms with Crippen molar-refractivity contribution < 1.29 is 0 Å². The van der Waals surface area contributed by atoms with Gasteiger partial charge in [-0.05, 0) is 25.9 Å². The Morgan fingerprint density at radius 2 is 1.13 bits per heavy atom. The van der Waals surface area contributed by atoms with E-state index in [4.69, 9.17) is 0 Å². The number of rotatable bonds is 11. The lowest BCUT2D eigenvalue weighted by Gasteiger charge is -2.03. The molecule has 0 spiro atoms. The maximum absolute atomic E-state index is 3.45. The molecule has 0 fully saturated rings. The Morgan fingerprint density at radius 1 is 0.600 bits per heavy atom. The summed E-state index contributed by atoms with van der Waals surface area (Å²) in [6.07, 6.45) is 12.6. The summed E-state index contributed by atoms with van der Waals surface area (Å²) in [5.74, 6) is 0. The van der Waals surface area contributed by atoms with Gasteiger partial charge in [0.1, 0.15) is 0 Å². The minimum absolute atomic E-state index is 0. The van der Waals surface area contributed by atoms with Crippen molar-refractivity contribution >= 4 is 0 Å². The van der Waals surface area contributed by atoms with E-state index in [1.807, 2.05) is 0 Å². The van der Waals surface area contributed by atoms with Gasteiger partial charge < -0.3 is 11.5 Å². The second-order valence-electron chi connectivity index (χ2n) is 4.22. The van der Waals surface area contributed by atoms with E-state index in [0.717, 1.165) is 0 Å². The monoisotopic (exact) mass is 216 g/mol. The van der Waals surface area contributed by atoms with Gasteiger partial charge in [-0.2, -0.15) is 0 Å². The van der Waals surface area contributed by atoms with E-state index in [1.165, 1.54) is 70.9 Å². The zero-order chi connectivity index (χ0) is 10.5. The quantitative estimate of drug-likeness (QED) is 0.506. The van der Waals surface area contributed by atoms with Crippen LogP contribution < -0.4 is 11.5 Å². The molecular weight excluding hydrogens is 184 g/mol.